The van der Waals surface area contributed by atoms with E-state index in [1.54, 1.807) is 4.90 Å². The molecule has 10 heteroatoms. The molecule has 1 N–H and O–H groups in total. The normalized spacial score (nSPS) is 14.0. The number of nitrogens with zero attached hydrogens (tertiary/aromatic N) is 2. The van der Waals surface area contributed by atoms with Crippen LogP contribution in [0.25, 0.3) is 11.3 Å². The Bertz CT molecular complexity index is 1220. The molecule has 0 bridgehead atoms. The molecule has 35 heavy (non-hydrogen) atoms. The molecule has 0 aliphatic carbocycles. The maximum Gasteiger partial charge on any atom is 0.344 e. The molecule has 2 heterocycles. The highest BCUT2D eigenvalue weighted by atomic mass is 35.5. The van der Waals surface area contributed by atoms with Gasteiger partial charge in [0.05, 0.1) is 10.6 Å². The largest absolute Gasteiger partial charge is 0.452 e. The number of carbonyl (C=O) groups excluding carboxylic acids is 3. The highest BCUT2D eigenvalue weighted by Crippen LogP contribution is 2.33. The molecule has 0 radical (unpaired) electrons. The molecule has 2 aromatic carbocycles. The highest BCUT2D eigenvalue weighted by Gasteiger charge is 2.30. The third-order valence-corrected chi connectivity index (χ3v) is 6.17. The van der Waals surface area contributed by atoms with E-state index in [1.165, 1.54) is 25.1 Å². The van der Waals surface area contributed by atoms with E-state index in [4.69, 9.17) is 20.9 Å². The number of benzene rings is 2. The third kappa shape index (κ3) is 5.51. The lowest BCUT2D eigenvalue weighted by Crippen LogP contribution is -2.43. The van der Waals surface area contributed by atoms with Gasteiger partial charge < -0.3 is 19.5 Å². The van der Waals surface area contributed by atoms with E-state index >= 15 is 0 Å². The van der Waals surface area contributed by atoms with Gasteiger partial charge in [0, 0.05) is 24.7 Å². The fourth-order valence-electron chi connectivity index (χ4n) is 3.95. The molecule has 1 aromatic heterocycles. The number of hydrogen-bond donors (Lipinski definition) is 1. The first-order valence-corrected chi connectivity index (χ1v) is 11.4. The van der Waals surface area contributed by atoms with Crippen molar-refractivity contribution in [2.24, 2.45) is 5.92 Å². The van der Waals surface area contributed by atoms with Gasteiger partial charge in [-0.1, -0.05) is 41.0 Å². The van der Waals surface area contributed by atoms with Crippen molar-refractivity contribution in [2.75, 3.05) is 25.0 Å². The number of nitrogens with one attached hydrogen (secondary N) is 1. The zero-order chi connectivity index (χ0) is 24.9. The van der Waals surface area contributed by atoms with Crippen LogP contribution in [0.15, 0.2) is 53.1 Å². The van der Waals surface area contributed by atoms with Crippen molar-refractivity contribution in [3.63, 3.8) is 0 Å². The number of carbonyl (C=O) groups is 3. The molecule has 8 nitrogen and oxygen atoms in total. The van der Waals surface area contributed by atoms with Gasteiger partial charge >= 0.3 is 5.97 Å². The number of para-hydroxylation sites is 1. The second-order valence-electron chi connectivity index (χ2n) is 8.15. The zero-order valence-electron chi connectivity index (χ0n) is 18.9. The first-order chi connectivity index (χ1) is 16.8. The van der Waals surface area contributed by atoms with Gasteiger partial charge in [0.2, 0.25) is 5.91 Å². The molecule has 0 spiro atoms. The summed E-state index contributed by atoms with van der Waals surface area (Å²) in [5.74, 6) is -2.12. The first-order valence-electron chi connectivity index (χ1n) is 11.1. The van der Waals surface area contributed by atoms with Crippen molar-refractivity contribution in [3.05, 3.63) is 70.7 Å². The number of piperidine rings is 1. The van der Waals surface area contributed by atoms with E-state index < -0.39 is 18.4 Å². The van der Waals surface area contributed by atoms with Gasteiger partial charge in [-0.3, -0.25) is 9.59 Å². The Kier molecular flexibility index (Phi) is 7.45. The van der Waals surface area contributed by atoms with E-state index in [0.717, 1.165) is 5.69 Å². The van der Waals surface area contributed by atoms with Crippen LogP contribution in [0.5, 0.6) is 0 Å². The Morgan fingerprint density at radius 3 is 2.54 bits per heavy atom. The van der Waals surface area contributed by atoms with E-state index in [1.807, 2.05) is 30.3 Å². The smallest absolute Gasteiger partial charge is 0.344 e. The Balaban J connectivity index is 1.33. The third-order valence-electron chi connectivity index (χ3n) is 5.85. The average molecular weight is 500 g/mol. The number of halogens is 2. The summed E-state index contributed by atoms with van der Waals surface area (Å²) in [6.45, 7) is 1.71. The number of hydrogen-bond acceptors (Lipinski definition) is 6. The topological polar surface area (TPSA) is 102 Å². The highest BCUT2D eigenvalue weighted by molar-refractivity contribution is 6.33. The molecule has 3 aromatic rings. The molecular formula is C25H23ClFN3O5. The summed E-state index contributed by atoms with van der Waals surface area (Å²) < 4.78 is 24.6. The first kappa shape index (κ1) is 24.4. The Morgan fingerprint density at radius 2 is 1.86 bits per heavy atom. The molecule has 2 amide bonds. The van der Waals surface area contributed by atoms with Crippen LogP contribution in [-0.4, -0.2) is 47.5 Å². The van der Waals surface area contributed by atoms with Crippen LogP contribution in [0.3, 0.4) is 0 Å². The molecule has 0 atom stereocenters. The molecule has 1 aliphatic rings. The van der Waals surface area contributed by atoms with Gasteiger partial charge in [-0.25, -0.2) is 9.18 Å². The summed E-state index contributed by atoms with van der Waals surface area (Å²) in [6.07, 6.45) is 0.998. The number of ether oxygens (including phenoxy) is 1. The number of esters is 1. The van der Waals surface area contributed by atoms with Crippen molar-refractivity contribution >= 4 is 35.1 Å². The van der Waals surface area contributed by atoms with E-state index in [9.17, 15) is 18.8 Å². The minimum Gasteiger partial charge on any atom is -0.452 e. The lowest BCUT2D eigenvalue weighted by molar-refractivity contribution is -0.137. The summed E-state index contributed by atoms with van der Waals surface area (Å²) in [7, 11) is 0. The maximum absolute atomic E-state index is 14.3. The van der Waals surface area contributed by atoms with Crippen molar-refractivity contribution in [2.45, 2.75) is 19.8 Å². The fourth-order valence-corrected chi connectivity index (χ4v) is 4.21. The van der Waals surface area contributed by atoms with Crippen molar-refractivity contribution < 1.29 is 28.0 Å². The van der Waals surface area contributed by atoms with Gasteiger partial charge in [0.1, 0.15) is 22.8 Å². The minimum absolute atomic E-state index is 0.0580. The standard InChI is InChI=1S/C25H23ClFN3O5/c1-15-21(23(29-35-15)22-18(26)8-5-9-19(22)27)25(33)34-14-20(31)30-12-10-16(11-13-30)24(32)28-17-6-3-2-4-7-17/h2-9,16H,10-14H2,1H3,(H,28,32). The lowest BCUT2D eigenvalue weighted by atomic mass is 9.95. The molecule has 0 unspecified atom stereocenters. The predicted molar refractivity (Wildman–Crippen MR) is 126 cm³/mol. The lowest BCUT2D eigenvalue weighted by Gasteiger charge is -2.31. The van der Waals surface area contributed by atoms with Crippen LogP contribution in [0.4, 0.5) is 10.1 Å². The van der Waals surface area contributed by atoms with Crippen LogP contribution in [0.1, 0.15) is 29.0 Å². The second kappa shape index (κ2) is 10.7. The van der Waals surface area contributed by atoms with Gasteiger partial charge in [0.25, 0.3) is 5.91 Å². The van der Waals surface area contributed by atoms with Crippen LogP contribution >= 0.6 is 11.6 Å². The molecule has 1 aliphatic heterocycles. The Labute approximate surface area is 206 Å². The summed E-state index contributed by atoms with van der Waals surface area (Å²) >= 11 is 6.10. The van der Waals surface area contributed by atoms with E-state index in [0.29, 0.717) is 25.9 Å². The number of anilines is 1. The number of amides is 2. The van der Waals surface area contributed by atoms with Crippen LogP contribution in [0.2, 0.25) is 5.02 Å². The summed E-state index contributed by atoms with van der Waals surface area (Å²) in [5, 5.41) is 6.71. The minimum atomic E-state index is -0.872. The molecule has 182 valence electrons. The number of likely N-dealkylation sites (tertiary alicyclic amines) is 1. The quantitative estimate of drug-likeness (QED) is 0.502. The van der Waals surface area contributed by atoms with Crippen LogP contribution in [-0.2, 0) is 14.3 Å². The van der Waals surface area contributed by atoms with Crippen molar-refractivity contribution in [1.29, 1.82) is 0 Å². The van der Waals surface area contributed by atoms with E-state index in [-0.39, 0.29) is 45.3 Å². The van der Waals surface area contributed by atoms with Crippen molar-refractivity contribution in [3.8, 4) is 11.3 Å². The van der Waals surface area contributed by atoms with Crippen molar-refractivity contribution in [1.82, 2.24) is 10.1 Å². The summed E-state index contributed by atoms with van der Waals surface area (Å²) in [6, 6.07) is 13.3. The predicted octanol–water partition coefficient (Wildman–Crippen LogP) is 4.48. The van der Waals surface area contributed by atoms with Gasteiger partial charge in [-0.2, -0.15) is 0 Å². The van der Waals surface area contributed by atoms with Gasteiger partial charge in [0.15, 0.2) is 6.61 Å². The van der Waals surface area contributed by atoms with Gasteiger partial charge in [-0.05, 0) is 44.0 Å². The number of rotatable bonds is 6. The number of aryl methyl sites for hydroxylation is 1. The van der Waals surface area contributed by atoms with E-state index in [2.05, 4.69) is 10.5 Å². The average Bonchev–Trinajstić information content (AvgIpc) is 3.23. The fraction of sp³-hybridized carbons (Fsp3) is 0.280. The zero-order valence-corrected chi connectivity index (χ0v) is 19.7. The molecule has 4 rings (SSSR count). The summed E-state index contributed by atoms with van der Waals surface area (Å²) in [5.41, 5.74) is 0.456. The molecule has 0 saturated carbocycles. The maximum atomic E-state index is 14.3. The molecular weight excluding hydrogens is 477 g/mol. The SMILES string of the molecule is Cc1onc(-c2c(F)cccc2Cl)c1C(=O)OCC(=O)N1CCC(C(=O)Nc2ccccc2)CC1. The monoisotopic (exact) mass is 499 g/mol. The number of aromatic nitrogens is 1. The molecule has 1 saturated heterocycles. The molecule has 1 fully saturated rings. The Morgan fingerprint density at radius 1 is 1.14 bits per heavy atom. The van der Waals surface area contributed by atoms with Gasteiger partial charge in [-0.15, -0.1) is 0 Å². The second-order valence-corrected chi connectivity index (χ2v) is 8.55. The Hall–Kier alpha value is -3.72. The van der Waals surface area contributed by atoms with Crippen LogP contribution in [0, 0.1) is 18.7 Å². The van der Waals surface area contributed by atoms with Crippen LogP contribution < -0.4 is 5.32 Å². The summed E-state index contributed by atoms with van der Waals surface area (Å²) in [4.78, 5) is 39.4.